The molecule has 0 saturated carbocycles. The first-order valence-electron chi connectivity index (χ1n) is 8.61. The first-order chi connectivity index (χ1) is 12.7. The summed E-state index contributed by atoms with van der Waals surface area (Å²) in [6, 6.07) is 8.89. The van der Waals surface area contributed by atoms with Crippen molar-refractivity contribution in [1.82, 2.24) is 0 Å². The van der Waals surface area contributed by atoms with Gasteiger partial charge in [0.15, 0.2) is 6.10 Å². The largest absolute Gasteiger partial charge is 0.462 e. The van der Waals surface area contributed by atoms with Crippen LogP contribution in [0.1, 0.15) is 33.3 Å². The van der Waals surface area contributed by atoms with E-state index in [1.807, 2.05) is 6.07 Å². The van der Waals surface area contributed by atoms with Crippen LogP contribution in [0.5, 0.6) is 0 Å². The van der Waals surface area contributed by atoms with Crippen molar-refractivity contribution in [1.29, 1.82) is 0 Å². The number of hydrogen-bond acceptors (Lipinski definition) is 8. The summed E-state index contributed by atoms with van der Waals surface area (Å²) >= 11 is 0. The van der Waals surface area contributed by atoms with Gasteiger partial charge in [-0.05, 0) is 33.3 Å². The minimum absolute atomic E-state index is 0.00360. The van der Waals surface area contributed by atoms with E-state index in [4.69, 9.17) is 23.7 Å². The molecule has 0 aliphatic carbocycles. The number of hydrogen-bond donors (Lipinski definition) is 0. The molecule has 27 heavy (non-hydrogen) atoms. The maximum absolute atomic E-state index is 12.6. The summed E-state index contributed by atoms with van der Waals surface area (Å²) in [6.45, 7) is 6.20. The topological polar surface area (TPSA) is 97.4 Å². The highest BCUT2D eigenvalue weighted by Gasteiger charge is 2.60. The fraction of sp³-hybridized carbons (Fsp3) is 0.526. The van der Waals surface area contributed by atoms with Gasteiger partial charge in [0.1, 0.15) is 12.2 Å². The second kappa shape index (κ2) is 8.49. The van der Waals surface area contributed by atoms with E-state index in [9.17, 15) is 14.4 Å². The SMILES string of the molecule is CCOC(=O)[C@@]1(C(=O)OCc2ccccc2)OC[C@@H](C(=O)OC(C)(C)C)O1. The molecule has 0 unspecified atom stereocenters. The molecule has 2 atom stereocenters. The predicted octanol–water partition coefficient (Wildman–Crippen LogP) is 1.75. The van der Waals surface area contributed by atoms with Gasteiger partial charge < -0.3 is 23.7 Å². The van der Waals surface area contributed by atoms with Gasteiger partial charge in [-0.2, -0.15) is 0 Å². The van der Waals surface area contributed by atoms with Crippen LogP contribution >= 0.6 is 0 Å². The number of esters is 3. The van der Waals surface area contributed by atoms with Gasteiger partial charge in [-0.25, -0.2) is 14.4 Å². The van der Waals surface area contributed by atoms with Gasteiger partial charge >= 0.3 is 23.7 Å². The third-order valence-corrected chi connectivity index (χ3v) is 3.44. The van der Waals surface area contributed by atoms with E-state index in [1.54, 1.807) is 52.0 Å². The number of carbonyl (C=O) groups is 3. The van der Waals surface area contributed by atoms with E-state index in [2.05, 4.69) is 0 Å². The molecule has 148 valence electrons. The normalized spacial score (nSPS) is 22.1. The minimum Gasteiger partial charge on any atom is -0.462 e. The number of benzene rings is 1. The number of carbonyl (C=O) groups excluding carboxylic acids is 3. The summed E-state index contributed by atoms with van der Waals surface area (Å²) in [4.78, 5) is 37.1. The molecule has 0 radical (unpaired) electrons. The highest BCUT2D eigenvalue weighted by molar-refractivity contribution is 6.02. The van der Waals surface area contributed by atoms with Gasteiger partial charge in [0.05, 0.1) is 13.2 Å². The van der Waals surface area contributed by atoms with E-state index in [1.165, 1.54) is 0 Å². The Labute approximate surface area is 157 Å². The van der Waals surface area contributed by atoms with Crippen molar-refractivity contribution in [2.24, 2.45) is 0 Å². The van der Waals surface area contributed by atoms with Crippen molar-refractivity contribution < 1.29 is 38.1 Å². The van der Waals surface area contributed by atoms with E-state index in [0.717, 1.165) is 0 Å². The summed E-state index contributed by atoms with van der Waals surface area (Å²) in [6.07, 6.45) is -1.25. The molecular weight excluding hydrogens is 356 g/mol. The van der Waals surface area contributed by atoms with Crippen LogP contribution in [0.2, 0.25) is 0 Å². The molecule has 0 aromatic heterocycles. The molecule has 0 spiro atoms. The summed E-state index contributed by atoms with van der Waals surface area (Å²) in [5.41, 5.74) is -0.0461. The lowest BCUT2D eigenvalue weighted by Gasteiger charge is -2.24. The Hall–Kier alpha value is -2.45. The van der Waals surface area contributed by atoms with Crippen LogP contribution in [0, 0.1) is 0 Å². The fourth-order valence-corrected chi connectivity index (χ4v) is 2.29. The summed E-state index contributed by atoms with van der Waals surface area (Å²) in [5, 5.41) is 0. The highest BCUT2D eigenvalue weighted by Crippen LogP contribution is 2.29. The zero-order valence-corrected chi connectivity index (χ0v) is 15.9. The number of rotatable bonds is 6. The maximum Gasteiger partial charge on any atom is 0.379 e. The fourth-order valence-electron chi connectivity index (χ4n) is 2.29. The molecule has 0 amide bonds. The molecule has 8 nitrogen and oxygen atoms in total. The first kappa shape index (κ1) is 20.9. The Morgan fingerprint density at radius 2 is 1.74 bits per heavy atom. The number of ether oxygens (including phenoxy) is 5. The lowest BCUT2D eigenvalue weighted by Crippen LogP contribution is -2.51. The van der Waals surface area contributed by atoms with E-state index < -0.39 is 35.4 Å². The van der Waals surface area contributed by atoms with E-state index in [-0.39, 0.29) is 19.8 Å². The standard InChI is InChI=1S/C19H24O8/c1-5-23-16(21)19(17(22)24-11-13-9-7-6-8-10-13)25-12-14(26-19)15(20)27-18(2,3)4/h6-10,14H,5,11-12H2,1-4H3/t14-,19+/m0/s1. The van der Waals surface area contributed by atoms with Gasteiger partial charge in [0, 0.05) is 0 Å². The van der Waals surface area contributed by atoms with Crippen LogP contribution in [0.15, 0.2) is 30.3 Å². The molecule has 1 saturated heterocycles. The average Bonchev–Trinajstić information content (AvgIpc) is 3.06. The van der Waals surface area contributed by atoms with E-state index in [0.29, 0.717) is 5.56 Å². The molecule has 0 bridgehead atoms. The average molecular weight is 380 g/mol. The summed E-state index contributed by atoms with van der Waals surface area (Å²) in [5.74, 6) is -5.36. The Morgan fingerprint density at radius 1 is 1.11 bits per heavy atom. The molecule has 0 N–H and O–H groups in total. The zero-order chi connectivity index (χ0) is 20.1. The monoisotopic (exact) mass is 380 g/mol. The molecule has 1 aromatic carbocycles. The van der Waals surface area contributed by atoms with Gasteiger partial charge in [0.2, 0.25) is 0 Å². The Balaban J connectivity index is 2.12. The predicted molar refractivity (Wildman–Crippen MR) is 92.3 cm³/mol. The molecule has 1 fully saturated rings. The molecule has 2 rings (SSSR count). The van der Waals surface area contributed by atoms with Crippen LogP contribution in [0.4, 0.5) is 0 Å². The van der Waals surface area contributed by atoms with Gasteiger partial charge in [0.25, 0.3) is 0 Å². The Bertz CT molecular complexity index is 679. The Kier molecular flexibility index (Phi) is 6.56. The highest BCUT2D eigenvalue weighted by atomic mass is 16.8. The lowest BCUT2D eigenvalue weighted by molar-refractivity contribution is -0.227. The van der Waals surface area contributed by atoms with Crippen molar-refractivity contribution in [2.45, 2.75) is 51.8 Å². The van der Waals surface area contributed by atoms with Crippen molar-refractivity contribution in [3.05, 3.63) is 35.9 Å². The second-order valence-electron chi connectivity index (χ2n) is 6.85. The summed E-state index contributed by atoms with van der Waals surface area (Å²) < 4.78 is 25.9. The van der Waals surface area contributed by atoms with Crippen LogP contribution in [-0.2, 0) is 44.7 Å². The maximum atomic E-state index is 12.6. The molecule has 1 aliphatic heterocycles. The smallest absolute Gasteiger partial charge is 0.379 e. The van der Waals surface area contributed by atoms with Crippen LogP contribution in [0.3, 0.4) is 0 Å². The molecule has 1 heterocycles. The van der Waals surface area contributed by atoms with Gasteiger partial charge in [-0.15, -0.1) is 0 Å². The quantitative estimate of drug-likeness (QED) is 0.418. The van der Waals surface area contributed by atoms with Crippen LogP contribution in [-0.4, -0.2) is 48.6 Å². The van der Waals surface area contributed by atoms with Gasteiger partial charge in [-0.1, -0.05) is 30.3 Å². The molecular formula is C19H24O8. The van der Waals surface area contributed by atoms with E-state index >= 15 is 0 Å². The second-order valence-corrected chi connectivity index (χ2v) is 6.85. The van der Waals surface area contributed by atoms with Crippen LogP contribution < -0.4 is 0 Å². The van der Waals surface area contributed by atoms with Crippen LogP contribution in [0.25, 0.3) is 0 Å². The van der Waals surface area contributed by atoms with Gasteiger partial charge in [-0.3, -0.25) is 0 Å². The Morgan fingerprint density at radius 3 is 2.33 bits per heavy atom. The van der Waals surface area contributed by atoms with Crippen molar-refractivity contribution >= 4 is 17.9 Å². The minimum atomic E-state index is -2.45. The zero-order valence-electron chi connectivity index (χ0n) is 15.9. The third-order valence-electron chi connectivity index (χ3n) is 3.44. The molecule has 1 aliphatic rings. The lowest BCUT2D eigenvalue weighted by atomic mass is 10.2. The summed E-state index contributed by atoms with van der Waals surface area (Å²) in [7, 11) is 0. The van der Waals surface area contributed by atoms with Crippen molar-refractivity contribution in [3.63, 3.8) is 0 Å². The van der Waals surface area contributed by atoms with Crippen molar-refractivity contribution in [3.8, 4) is 0 Å². The third kappa shape index (κ3) is 5.27. The first-order valence-corrected chi connectivity index (χ1v) is 8.61. The molecule has 8 heteroatoms. The molecule has 1 aromatic rings. The van der Waals surface area contributed by atoms with Crippen molar-refractivity contribution in [2.75, 3.05) is 13.2 Å².